The van der Waals surface area contributed by atoms with Crippen LogP contribution in [0.3, 0.4) is 0 Å². The third kappa shape index (κ3) is 4.96. The van der Waals surface area contributed by atoms with Crippen molar-refractivity contribution in [3.63, 3.8) is 0 Å². The van der Waals surface area contributed by atoms with Crippen LogP contribution in [0.5, 0.6) is 0 Å². The Balaban J connectivity index is 1.99. The SMILES string of the molecule is C#CCn1c(=NC(=O)c2ccc(S(=O)(=O)N(C)C)cc2)sc2cc(CCCC)ccc21. The van der Waals surface area contributed by atoms with E-state index in [2.05, 4.69) is 30.0 Å². The van der Waals surface area contributed by atoms with Crippen LogP contribution in [0.4, 0.5) is 0 Å². The zero-order chi connectivity index (χ0) is 22.6. The Kier molecular flexibility index (Phi) is 7.11. The number of thiazole rings is 1. The van der Waals surface area contributed by atoms with Crippen molar-refractivity contribution >= 4 is 37.5 Å². The van der Waals surface area contributed by atoms with Gasteiger partial charge in [-0.2, -0.15) is 4.99 Å². The molecule has 3 rings (SSSR count). The second-order valence-corrected chi connectivity index (χ2v) is 10.5. The molecule has 0 atom stereocenters. The van der Waals surface area contributed by atoms with Gasteiger partial charge in [0.05, 0.1) is 21.7 Å². The topological polar surface area (TPSA) is 71.7 Å². The molecule has 0 saturated carbocycles. The average molecular weight is 456 g/mol. The predicted octanol–water partition coefficient (Wildman–Crippen LogP) is 3.67. The van der Waals surface area contributed by atoms with Crippen LogP contribution >= 0.6 is 11.3 Å². The maximum Gasteiger partial charge on any atom is 0.279 e. The monoisotopic (exact) mass is 455 g/mol. The van der Waals surface area contributed by atoms with Gasteiger partial charge >= 0.3 is 0 Å². The highest BCUT2D eigenvalue weighted by Gasteiger charge is 2.17. The van der Waals surface area contributed by atoms with E-state index >= 15 is 0 Å². The summed E-state index contributed by atoms with van der Waals surface area (Å²) in [4.78, 5) is 17.7. The number of hydrogen-bond donors (Lipinski definition) is 0. The fourth-order valence-corrected chi connectivity index (χ4v) is 5.11. The molecule has 0 N–H and O–H groups in total. The number of rotatable bonds is 7. The van der Waals surface area contributed by atoms with Gasteiger partial charge in [0.15, 0.2) is 4.80 Å². The van der Waals surface area contributed by atoms with Crippen molar-refractivity contribution < 1.29 is 13.2 Å². The summed E-state index contributed by atoms with van der Waals surface area (Å²) < 4.78 is 28.4. The van der Waals surface area contributed by atoms with Crippen molar-refractivity contribution in [3.8, 4) is 12.3 Å². The first-order chi connectivity index (χ1) is 14.8. The smallest absolute Gasteiger partial charge is 0.279 e. The Labute approximate surface area is 186 Å². The van der Waals surface area contributed by atoms with Gasteiger partial charge in [0, 0.05) is 19.7 Å². The lowest BCUT2D eigenvalue weighted by molar-refractivity contribution is 0.0998. The van der Waals surface area contributed by atoms with E-state index in [1.807, 2.05) is 10.6 Å². The number of sulfonamides is 1. The summed E-state index contributed by atoms with van der Waals surface area (Å²) in [6.07, 6.45) is 8.80. The predicted molar refractivity (Wildman–Crippen MR) is 124 cm³/mol. The molecule has 0 saturated heterocycles. The van der Waals surface area contributed by atoms with Crippen molar-refractivity contribution in [1.82, 2.24) is 8.87 Å². The standard InChI is InChI=1S/C23H25N3O3S2/c1-5-7-8-17-9-14-20-21(16-17)30-23(26(20)15-6-2)24-22(27)18-10-12-19(13-11-18)31(28,29)25(3)4/h2,9-14,16H,5,7-8,15H2,1,3-4H3. The fourth-order valence-electron chi connectivity index (χ4n) is 3.12. The van der Waals surface area contributed by atoms with Gasteiger partial charge < -0.3 is 4.57 Å². The van der Waals surface area contributed by atoms with Crippen LogP contribution in [0.1, 0.15) is 35.7 Å². The van der Waals surface area contributed by atoms with E-state index in [0.29, 0.717) is 16.9 Å². The first-order valence-electron chi connectivity index (χ1n) is 9.95. The Bertz CT molecular complexity index is 1310. The lowest BCUT2D eigenvalue weighted by Crippen LogP contribution is -2.22. The molecule has 0 aliphatic heterocycles. The molecule has 31 heavy (non-hydrogen) atoms. The maximum absolute atomic E-state index is 12.8. The minimum atomic E-state index is -3.55. The van der Waals surface area contributed by atoms with Gasteiger partial charge in [-0.15, -0.1) is 6.42 Å². The number of unbranched alkanes of at least 4 members (excludes halogenated alkanes) is 1. The highest BCUT2D eigenvalue weighted by atomic mass is 32.2. The molecule has 3 aromatic rings. The van der Waals surface area contributed by atoms with E-state index in [9.17, 15) is 13.2 Å². The van der Waals surface area contributed by atoms with E-state index in [-0.39, 0.29) is 4.90 Å². The molecular formula is C23H25N3O3S2. The Morgan fingerprint density at radius 1 is 1.19 bits per heavy atom. The van der Waals surface area contributed by atoms with Gasteiger partial charge in [0.2, 0.25) is 10.0 Å². The third-order valence-corrected chi connectivity index (χ3v) is 7.76. The fraction of sp³-hybridized carbons (Fsp3) is 0.304. The zero-order valence-electron chi connectivity index (χ0n) is 17.8. The van der Waals surface area contributed by atoms with Gasteiger partial charge in [-0.05, 0) is 54.8 Å². The number of aromatic nitrogens is 1. The molecule has 0 bridgehead atoms. The van der Waals surface area contributed by atoms with Crippen LogP contribution in [0.2, 0.25) is 0 Å². The lowest BCUT2D eigenvalue weighted by atomic mass is 10.1. The number of carbonyl (C=O) groups excluding carboxylic acids is 1. The van der Waals surface area contributed by atoms with Crippen molar-refractivity contribution in [1.29, 1.82) is 0 Å². The van der Waals surface area contributed by atoms with Crippen LogP contribution < -0.4 is 4.80 Å². The van der Waals surface area contributed by atoms with Crippen LogP contribution in [-0.2, 0) is 23.0 Å². The van der Waals surface area contributed by atoms with Crippen LogP contribution in [-0.4, -0.2) is 37.3 Å². The summed E-state index contributed by atoms with van der Waals surface area (Å²) in [7, 11) is -0.631. The summed E-state index contributed by atoms with van der Waals surface area (Å²) in [6.45, 7) is 2.47. The van der Waals surface area contributed by atoms with Gasteiger partial charge in [0.25, 0.3) is 5.91 Å². The number of benzene rings is 2. The van der Waals surface area contributed by atoms with E-state index in [1.165, 1.54) is 55.3 Å². The first kappa shape index (κ1) is 22.9. The minimum Gasteiger partial charge on any atom is -0.305 e. The quantitative estimate of drug-likeness (QED) is 0.511. The molecule has 1 amide bonds. The number of fused-ring (bicyclic) bond motifs is 1. The van der Waals surface area contributed by atoms with Gasteiger partial charge in [-0.25, -0.2) is 12.7 Å². The molecule has 0 aliphatic rings. The Hall–Kier alpha value is -2.73. The molecule has 0 aliphatic carbocycles. The average Bonchev–Trinajstić information content (AvgIpc) is 3.08. The number of aryl methyl sites for hydroxylation is 1. The lowest BCUT2D eigenvalue weighted by Gasteiger charge is -2.11. The summed E-state index contributed by atoms with van der Waals surface area (Å²) in [5, 5.41) is 0. The van der Waals surface area contributed by atoms with E-state index in [1.54, 1.807) is 0 Å². The van der Waals surface area contributed by atoms with Crippen LogP contribution in [0, 0.1) is 12.3 Å². The minimum absolute atomic E-state index is 0.123. The van der Waals surface area contributed by atoms with Gasteiger partial charge in [-0.1, -0.05) is 36.7 Å². The van der Waals surface area contributed by atoms with Gasteiger partial charge in [0.1, 0.15) is 0 Å². The summed E-state index contributed by atoms with van der Waals surface area (Å²) >= 11 is 1.42. The molecule has 6 nitrogen and oxygen atoms in total. The summed E-state index contributed by atoms with van der Waals surface area (Å²) in [5.41, 5.74) is 2.51. The third-order valence-electron chi connectivity index (χ3n) is 4.89. The molecule has 0 spiro atoms. The number of carbonyl (C=O) groups is 1. The highest BCUT2D eigenvalue weighted by Crippen LogP contribution is 2.21. The molecule has 0 fully saturated rings. The number of hydrogen-bond acceptors (Lipinski definition) is 4. The van der Waals surface area contributed by atoms with E-state index in [0.717, 1.165) is 33.8 Å². The number of terminal acetylenes is 1. The normalized spacial score (nSPS) is 12.4. The number of amides is 1. The summed E-state index contributed by atoms with van der Waals surface area (Å²) in [5.74, 6) is 2.18. The molecule has 1 heterocycles. The summed E-state index contributed by atoms with van der Waals surface area (Å²) in [6, 6.07) is 12.0. The maximum atomic E-state index is 12.8. The van der Waals surface area contributed by atoms with Crippen molar-refractivity contribution in [2.24, 2.45) is 4.99 Å². The molecule has 1 aromatic heterocycles. The largest absolute Gasteiger partial charge is 0.305 e. The van der Waals surface area contributed by atoms with Crippen molar-refractivity contribution in [3.05, 3.63) is 58.4 Å². The molecule has 2 aromatic carbocycles. The second-order valence-electron chi connectivity index (χ2n) is 7.31. The van der Waals surface area contributed by atoms with Crippen LogP contribution in [0.15, 0.2) is 52.4 Å². The molecule has 0 radical (unpaired) electrons. The second kappa shape index (κ2) is 9.60. The van der Waals surface area contributed by atoms with E-state index < -0.39 is 15.9 Å². The van der Waals surface area contributed by atoms with Gasteiger partial charge in [-0.3, -0.25) is 4.79 Å². The van der Waals surface area contributed by atoms with E-state index in [4.69, 9.17) is 6.42 Å². The Morgan fingerprint density at radius 2 is 1.90 bits per heavy atom. The molecule has 8 heteroatoms. The zero-order valence-corrected chi connectivity index (χ0v) is 19.5. The van der Waals surface area contributed by atoms with Crippen molar-refractivity contribution in [2.75, 3.05) is 14.1 Å². The first-order valence-corrected chi connectivity index (χ1v) is 12.2. The Morgan fingerprint density at radius 3 is 2.52 bits per heavy atom. The highest BCUT2D eigenvalue weighted by molar-refractivity contribution is 7.89. The molecule has 0 unspecified atom stereocenters. The van der Waals surface area contributed by atoms with Crippen LogP contribution in [0.25, 0.3) is 10.2 Å². The number of nitrogens with zero attached hydrogens (tertiary/aromatic N) is 3. The van der Waals surface area contributed by atoms with Crippen molar-refractivity contribution in [2.45, 2.75) is 37.6 Å². The molecule has 162 valence electrons. The molecular weight excluding hydrogens is 430 g/mol.